The van der Waals surface area contributed by atoms with Crippen LogP contribution in [0.4, 0.5) is 0 Å². The SMILES string of the molecule is Cc1cc2cccc3c2c(c1C)c1c2c(cc[n+]1C)c1cc(C4CCCCC4)ccc1n32. The Hall–Kier alpha value is -3.13. The summed E-state index contributed by atoms with van der Waals surface area (Å²) in [6.07, 6.45) is 9.09. The van der Waals surface area contributed by atoms with E-state index in [2.05, 4.69) is 84.6 Å². The van der Waals surface area contributed by atoms with Gasteiger partial charge in [-0.2, -0.15) is 4.57 Å². The van der Waals surface area contributed by atoms with E-state index in [1.54, 1.807) is 0 Å². The van der Waals surface area contributed by atoms with E-state index >= 15 is 0 Å². The second kappa shape index (κ2) is 6.45. The van der Waals surface area contributed by atoms with Gasteiger partial charge in [-0.25, -0.2) is 0 Å². The number of aromatic nitrogens is 2. The topological polar surface area (TPSA) is 8.29 Å². The third kappa shape index (κ3) is 2.28. The van der Waals surface area contributed by atoms with Crippen molar-refractivity contribution >= 4 is 49.0 Å². The average molecular weight is 418 g/mol. The molecule has 0 amide bonds. The van der Waals surface area contributed by atoms with Crippen LogP contribution in [0.15, 0.2) is 54.7 Å². The Morgan fingerprint density at radius 2 is 1.69 bits per heavy atom. The molecule has 3 heterocycles. The summed E-state index contributed by atoms with van der Waals surface area (Å²) in [5, 5.41) is 6.92. The molecule has 2 heteroatoms. The molecular weight excluding hydrogens is 388 g/mol. The maximum atomic E-state index is 2.54. The minimum absolute atomic E-state index is 0.724. The maximum Gasteiger partial charge on any atom is 0.238 e. The molecule has 3 aromatic carbocycles. The Balaban J connectivity index is 1.72. The van der Waals surface area contributed by atoms with Crippen LogP contribution in [0.25, 0.3) is 49.0 Å². The Morgan fingerprint density at radius 3 is 2.53 bits per heavy atom. The first-order valence-corrected chi connectivity index (χ1v) is 12.1. The number of hydrogen-bond acceptors (Lipinski definition) is 0. The zero-order chi connectivity index (χ0) is 21.6. The third-order valence-electron chi connectivity index (χ3n) is 8.29. The lowest BCUT2D eigenvalue weighted by Gasteiger charge is -2.22. The van der Waals surface area contributed by atoms with E-state index in [0.717, 1.165) is 5.92 Å². The van der Waals surface area contributed by atoms with E-state index in [1.807, 2.05) is 0 Å². The van der Waals surface area contributed by atoms with Crippen LogP contribution >= 0.6 is 0 Å². The molecule has 0 radical (unpaired) electrons. The fourth-order valence-electron chi connectivity index (χ4n) is 6.56. The van der Waals surface area contributed by atoms with Gasteiger partial charge in [0.15, 0.2) is 6.20 Å². The van der Waals surface area contributed by atoms with Gasteiger partial charge >= 0.3 is 0 Å². The van der Waals surface area contributed by atoms with E-state index < -0.39 is 0 Å². The standard InChI is InChI=1S/C30H29N2/c1-18-16-22-10-7-11-26-28(22)27(19(18)2)30-29-23(14-15-31(30)3)24-17-21(12-13-25(24)32(26)29)20-8-5-4-6-9-20/h7,10-17,20H,4-6,8-9H2,1-3H3/q+1. The second-order valence-corrected chi connectivity index (χ2v) is 10.1. The van der Waals surface area contributed by atoms with E-state index in [0.29, 0.717) is 0 Å². The summed E-state index contributed by atoms with van der Waals surface area (Å²) in [5.74, 6) is 0.724. The number of fused-ring (bicyclic) bond motifs is 5. The largest absolute Gasteiger partial charge is 0.303 e. The number of hydrogen-bond donors (Lipinski definition) is 0. The van der Waals surface area contributed by atoms with Crippen LogP contribution in [0, 0.1) is 13.8 Å². The molecule has 6 aromatic rings. The Morgan fingerprint density at radius 1 is 0.844 bits per heavy atom. The first kappa shape index (κ1) is 18.4. The van der Waals surface area contributed by atoms with Crippen molar-refractivity contribution in [3.8, 4) is 0 Å². The number of aryl methyl sites for hydroxylation is 3. The van der Waals surface area contributed by atoms with Gasteiger partial charge in [-0.05, 0) is 72.9 Å². The highest BCUT2D eigenvalue weighted by Crippen LogP contribution is 2.42. The highest BCUT2D eigenvalue weighted by atomic mass is 15.0. The molecule has 0 unspecified atom stereocenters. The fourth-order valence-corrected chi connectivity index (χ4v) is 6.56. The molecule has 158 valence electrons. The van der Waals surface area contributed by atoms with Crippen LogP contribution in [0.1, 0.15) is 54.7 Å². The van der Waals surface area contributed by atoms with Crippen molar-refractivity contribution in [1.82, 2.24) is 4.40 Å². The van der Waals surface area contributed by atoms with Crippen LogP contribution < -0.4 is 4.57 Å². The second-order valence-electron chi connectivity index (χ2n) is 10.1. The predicted octanol–water partition coefficient (Wildman–Crippen LogP) is 7.48. The molecule has 7 rings (SSSR count). The Bertz CT molecular complexity index is 1680. The van der Waals surface area contributed by atoms with E-state index in [1.165, 1.54) is 97.8 Å². The van der Waals surface area contributed by atoms with Gasteiger partial charge in [0.2, 0.25) is 5.52 Å². The van der Waals surface area contributed by atoms with E-state index in [-0.39, 0.29) is 0 Å². The quantitative estimate of drug-likeness (QED) is 0.149. The zero-order valence-electron chi connectivity index (χ0n) is 19.2. The zero-order valence-corrected chi connectivity index (χ0v) is 19.2. The lowest BCUT2D eigenvalue weighted by molar-refractivity contribution is -0.644. The summed E-state index contributed by atoms with van der Waals surface area (Å²) in [6, 6.07) is 18.8. The van der Waals surface area contributed by atoms with Crippen LogP contribution in [0.2, 0.25) is 0 Å². The van der Waals surface area contributed by atoms with Crippen molar-refractivity contribution < 1.29 is 4.57 Å². The molecule has 0 bridgehead atoms. The van der Waals surface area contributed by atoms with Gasteiger partial charge in [0.05, 0.1) is 16.4 Å². The molecule has 1 saturated carbocycles. The normalized spacial score (nSPS) is 15.8. The summed E-state index contributed by atoms with van der Waals surface area (Å²) in [7, 11) is 2.20. The lowest BCUT2D eigenvalue weighted by Crippen LogP contribution is -2.29. The summed E-state index contributed by atoms with van der Waals surface area (Å²) in [6.45, 7) is 4.54. The highest BCUT2D eigenvalue weighted by molar-refractivity contribution is 6.25. The molecule has 1 fully saturated rings. The number of nitrogens with zero attached hydrogens (tertiary/aromatic N) is 2. The lowest BCUT2D eigenvalue weighted by atomic mass is 9.84. The average Bonchev–Trinajstić information content (AvgIpc) is 3.15. The van der Waals surface area contributed by atoms with Gasteiger partial charge in [-0.1, -0.05) is 43.5 Å². The smallest absolute Gasteiger partial charge is 0.238 e. The number of benzene rings is 3. The summed E-state index contributed by atoms with van der Waals surface area (Å²) < 4.78 is 4.87. The molecule has 3 aromatic heterocycles. The predicted molar refractivity (Wildman–Crippen MR) is 135 cm³/mol. The third-order valence-corrected chi connectivity index (χ3v) is 8.29. The van der Waals surface area contributed by atoms with Gasteiger partial charge in [0.25, 0.3) is 0 Å². The van der Waals surface area contributed by atoms with E-state index in [9.17, 15) is 0 Å². The van der Waals surface area contributed by atoms with Gasteiger partial charge < -0.3 is 4.40 Å². The van der Waals surface area contributed by atoms with Crippen LogP contribution in [0.5, 0.6) is 0 Å². The first-order valence-electron chi connectivity index (χ1n) is 12.1. The molecule has 0 saturated heterocycles. The van der Waals surface area contributed by atoms with Crippen LogP contribution in [0.3, 0.4) is 0 Å². The molecular formula is C30H29N2+. The Labute approximate surface area is 188 Å². The maximum absolute atomic E-state index is 2.54. The van der Waals surface area contributed by atoms with Crippen molar-refractivity contribution in [2.75, 3.05) is 0 Å². The van der Waals surface area contributed by atoms with Crippen molar-refractivity contribution in [1.29, 1.82) is 0 Å². The van der Waals surface area contributed by atoms with Gasteiger partial charge in [-0.15, -0.1) is 0 Å². The molecule has 32 heavy (non-hydrogen) atoms. The summed E-state index contributed by atoms with van der Waals surface area (Å²) in [5.41, 5.74) is 9.67. The van der Waals surface area contributed by atoms with Crippen LogP contribution in [-0.2, 0) is 7.05 Å². The molecule has 2 nitrogen and oxygen atoms in total. The first-order chi connectivity index (χ1) is 15.6. The Kier molecular flexibility index (Phi) is 3.72. The number of rotatable bonds is 1. The molecule has 0 atom stereocenters. The van der Waals surface area contributed by atoms with Gasteiger partial charge in [0, 0.05) is 22.2 Å². The number of pyridine rings is 2. The fraction of sp³-hybridized carbons (Fsp3) is 0.300. The van der Waals surface area contributed by atoms with Gasteiger partial charge in [0.1, 0.15) is 12.6 Å². The molecule has 0 spiro atoms. The van der Waals surface area contributed by atoms with Gasteiger partial charge in [-0.3, -0.25) is 0 Å². The van der Waals surface area contributed by atoms with Crippen molar-refractivity contribution in [2.45, 2.75) is 51.9 Å². The monoisotopic (exact) mass is 417 g/mol. The molecule has 1 aliphatic rings. The molecule has 1 aliphatic carbocycles. The van der Waals surface area contributed by atoms with E-state index in [4.69, 9.17) is 0 Å². The van der Waals surface area contributed by atoms with Crippen molar-refractivity contribution in [3.63, 3.8) is 0 Å². The molecule has 0 aliphatic heterocycles. The highest BCUT2D eigenvalue weighted by Gasteiger charge is 2.25. The minimum Gasteiger partial charge on any atom is -0.303 e. The van der Waals surface area contributed by atoms with Crippen LogP contribution in [-0.4, -0.2) is 4.40 Å². The molecule has 0 N–H and O–H groups in total. The van der Waals surface area contributed by atoms with Crippen molar-refractivity contribution in [2.24, 2.45) is 7.05 Å². The summed E-state index contributed by atoms with van der Waals surface area (Å²) in [4.78, 5) is 0. The summed E-state index contributed by atoms with van der Waals surface area (Å²) >= 11 is 0. The minimum atomic E-state index is 0.724. The van der Waals surface area contributed by atoms with Crippen molar-refractivity contribution in [3.05, 3.63) is 71.4 Å².